The van der Waals surface area contributed by atoms with E-state index in [-0.39, 0.29) is 17.4 Å². The Morgan fingerprint density at radius 3 is 2.79 bits per heavy atom. The van der Waals surface area contributed by atoms with Gasteiger partial charge in [-0.15, -0.1) is 10.2 Å². The number of phenolic OH excluding ortho intramolecular Hbond substituents is 1. The van der Waals surface area contributed by atoms with E-state index in [1.807, 2.05) is 35.0 Å². The van der Waals surface area contributed by atoms with Gasteiger partial charge in [0, 0.05) is 54.5 Å². The molecule has 1 N–H and O–H groups in total. The molecule has 2 aliphatic rings. The van der Waals surface area contributed by atoms with Crippen molar-refractivity contribution in [3.8, 4) is 28.6 Å². The molecule has 0 aliphatic carbocycles. The lowest BCUT2D eigenvalue weighted by Crippen LogP contribution is -2.52. The van der Waals surface area contributed by atoms with Crippen molar-refractivity contribution in [1.82, 2.24) is 24.6 Å². The third-order valence-electron chi connectivity index (χ3n) is 6.11. The topological polar surface area (TPSA) is 76.3 Å². The highest BCUT2D eigenvalue weighted by Crippen LogP contribution is 2.39. The van der Waals surface area contributed by atoms with Gasteiger partial charge in [0.2, 0.25) is 5.88 Å². The first-order valence-corrected chi connectivity index (χ1v) is 9.76. The van der Waals surface area contributed by atoms with Gasteiger partial charge in [-0.2, -0.15) is 0 Å². The van der Waals surface area contributed by atoms with Crippen molar-refractivity contribution in [2.45, 2.75) is 37.5 Å². The molecule has 0 amide bonds. The van der Waals surface area contributed by atoms with E-state index in [4.69, 9.17) is 4.74 Å². The number of nitrogens with zero attached hydrogens (tertiary/aromatic N) is 5. The third kappa shape index (κ3) is 3.17. The maximum absolute atomic E-state index is 10.4. The number of aromatic hydroxyl groups is 1. The van der Waals surface area contributed by atoms with Gasteiger partial charge in [0.15, 0.2) is 0 Å². The number of ether oxygens (including phenoxy) is 1. The number of piperidine rings is 1. The van der Waals surface area contributed by atoms with Crippen LogP contribution in [0.4, 0.5) is 0 Å². The van der Waals surface area contributed by atoms with Crippen molar-refractivity contribution >= 4 is 0 Å². The van der Waals surface area contributed by atoms with E-state index >= 15 is 0 Å². The van der Waals surface area contributed by atoms with Crippen LogP contribution in [0, 0.1) is 0 Å². The van der Waals surface area contributed by atoms with E-state index in [0.717, 1.165) is 18.5 Å². The number of fused-ring (bicyclic) bond motifs is 2. The van der Waals surface area contributed by atoms with Gasteiger partial charge in [0.1, 0.15) is 11.9 Å². The minimum Gasteiger partial charge on any atom is -0.507 e. The number of likely N-dealkylation sites (N-methyl/N-ethyl adjacent to an activating group) is 1. The quantitative estimate of drug-likeness (QED) is 0.691. The molecule has 2 aliphatic heterocycles. The van der Waals surface area contributed by atoms with Crippen LogP contribution in [0.5, 0.6) is 11.6 Å². The van der Waals surface area contributed by atoms with Gasteiger partial charge >= 0.3 is 0 Å². The van der Waals surface area contributed by atoms with Gasteiger partial charge in [0.05, 0.1) is 17.7 Å². The average molecular weight is 389 g/mol. The summed E-state index contributed by atoms with van der Waals surface area (Å²) in [6, 6.07) is 9.49. The highest BCUT2D eigenvalue weighted by Gasteiger charge is 2.44. The van der Waals surface area contributed by atoms with E-state index in [1.165, 1.54) is 0 Å². The Bertz CT molecular complexity index is 1050. The summed E-state index contributed by atoms with van der Waals surface area (Å²) in [6.45, 7) is 2.24. The zero-order valence-corrected chi connectivity index (χ0v) is 16.4. The van der Waals surface area contributed by atoms with Gasteiger partial charge < -0.3 is 14.4 Å². The molecule has 0 radical (unpaired) electrons. The Hall–Kier alpha value is -3.19. The second-order valence-electron chi connectivity index (χ2n) is 8.00. The second kappa shape index (κ2) is 6.70. The standard InChI is InChI=1S/C22H23N5O2/c1-22-8-7-15(26(22)2)11-17(13-22)29-21-6-5-19(24-25-21)18-4-3-16(12-20(18)28)27-10-9-23-14-27/h3-10,12,14-15,17,28H,11,13H2,1-2H3/t15-,17-,22+/m1/s1. The predicted octanol–water partition coefficient (Wildman–Crippen LogP) is 3.21. The molecule has 2 bridgehead atoms. The summed E-state index contributed by atoms with van der Waals surface area (Å²) in [5, 5.41) is 19.0. The number of hydrogen-bond donors (Lipinski definition) is 1. The second-order valence-corrected chi connectivity index (χ2v) is 8.00. The van der Waals surface area contributed by atoms with Gasteiger partial charge in [-0.25, -0.2) is 4.98 Å². The van der Waals surface area contributed by atoms with Gasteiger partial charge in [-0.05, 0) is 32.2 Å². The summed E-state index contributed by atoms with van der Waals surface area (Å²) in [5.74, 6) is 0.658. The molecule has 7 heteroatoms. The van der Waals surface area contributed by atoms with Crippen LogP contribution in [-0.2, 0) is 0 Å². The summed E-state index contributed by atoms with van der Waals surface area (Å²) < 4.78 is 7.96. The molecule has 7 nitrogen and oxygen atoms in total. The van der Waals surface area contributed by atoms with E-state index in [2.05, 4.69) is 46.2 Å². The summed E-state index contributed by atoms with van der Waals surface area (Å²) in [6.07, 6.45) is 11.7. The number of rotatable bonds is 4. The highest BCUT2D eigenvalue weighted by atomic mass is 16.5. The molecule has 5 rings (SSSR count). The highest BCUT2D eigenvalue weighted by molar-refractivity contribution is 5.68. The Kier molecular flexibility index (Phi) is 4.13. The normalized spacial score (nSPS) is 26.0. The lowest BCUT2D eigenvalue weighted by molar-refractivity contribution is 0.0276. The van der Waals surface area contributed by atoms with Crippen molar-refractivity contribution in [3.63, 3.8) is 0 Å². The van der Waals surface area contributed by atoms with Crippen LogP contribution in [0.3, 0.4) is 0 Å². The van der Waals surface area contributed by atoms with Crippen LogP contribution in [0.25, 0.3) is 16.9 Å². The zero-order chi connectivity index (χ0) is 20.0. The molecule has 0 unspecified atom stereocenters. The van der Waals surface area contributed by atoms with Crippen molar-refractivity contribution < 1.29 is 9.84 Å². The Labute approximate surface area is 169 Å². The maximum Gasteiger partial charge on any atom is 0.233 e. The molecule has 29 heavy (non-hydrogen) atoms. The van der Waals surface area contributed by atoms with Crippen LogP contribution in [-0.4, -0.2) is 54.5 Å². The van der Waals surface area contributed by atoms with E-state index in [9.17, 15) is 5.11 Å². The molecular formula is C22H23N5O2. The molecule has 1 aromatic carbocycles. The molecule has 4 heterocycles. The van der Waals surface area contributed by atoms with Gasteiger partial charge in [-0.1, -0.05) is 12.2 Å². The van der Waals surface area contributed by atoms with E-state index in [0.29, 0.717) is 23.2 Å². The number of imidazole rings is 1. The fraction of sp³-hybridized carbons (Fsp3) is 0.318. The molecular weight excluding hydrogens is 366 g/mol. The fourth-order valence-corrected chi connectivity index (χ4v) is 4.30. The summed E-state index contributed by atoms with van der Waals surface area (Å²) >= 11 is 0. The number of phenols is 1. The van der Waals surface area contributed by atoms with Crippen molar-refractivity contribution in [1.29, 1.82) is 0 Å². The molecule has 3 aromatic rings. The lowest BCUT2D eigenvalue weighted by Gasteiger charge is -2.43. The molecule has 3 atom stereocenters. The predicted molar refractivity (Wildman–Crippen MR) is 109 cm³/mol. The molecule has 0 spiro atoms. The minimum atomic E-state index is 0.0454. The third-order valence-corrected chi connectivity index (χ3v) is 6.11. The van der Waals surface area contributed by atoms with Crippen molar-refractivity contribution in [2.24, 2.45) is 0 Å². The fourth-order valence-electron chi connectivity index (χ4n) is 4.30. The maximum atomic E-state index is 10.4. The Morgan fingerprint density at radius 1 is 1.21 bits per heavy atom. The molecule has 148 valence electrons. The Morgan fingerprint density at radius 2 is 2.10 bits per heavy atom. The monoisotopic (exact) mass is 389 g/mol. The number of benzene rings is 1. The first-order chi connectivity index (χ1) is 14.0. The minimum absolute atomic E-state index is 0.0454. The molecule has 1 fully saturated rings. The summed E-state index contributed by atoms with van der Waals surface area (Å²) in [5.41, 5.74) is 2.10. The van der Waals surface area contributed by atoms with E-state index in [1.54, 1.807) is 18.6 Å². The van der Waals surface area contributed by atoms with Crippen LogP contribution < -0.4 is 4.74 Å². The molecule has 2 aromatic heterocycles. The van der Waals surface area contributed by atoms with Crippen LogP contribution in [0.15, 0.2) is 61.2 Å². The first kappa shape index (κ1) is 17.9. The largest absolute Gasteiger partial charge is 0.507 e. The molecule has 1 saturated heterocycles. The Balaban J connectivity index is 1.31. The lowest BCUT2D eigenvalue weighted by atomic mass is 9.89. The van der Waals surface area contributed by atoms with Crippen LogP contribution >= 0.6 is 0 Å². The zero-order valence-electron chi connectivity index (χ0n) is 16.4. The van der Waals surface area contributed by atoms with E-state index < -0.39 is 0 Å². The first-order valence-electron chi connectivity index (χ1n) is 9.76. The van der Waals surface area contributed by atoms with Crippen LogP contribution in [0.2, 0.25) is 0 Å². The van der Waals surface area contributed by atoms with Crippen molar-refractivity contribution in [3.05, 3.63) is 61.2 Å². The van der Waals surface area contributed by atoms with Crippen molar-refractivity contribution in [2.75, 3.05) is 7.05 Å². The number of hydrogen-bond acceptors (Lipinski definition) is 6. The smallest absolute Gasteiger partial charge is 0.233 e. The van der Waals surface area contributed by atoms with Gasteiger partial charge in [0.25, 0.3) is 0 Å². The average Bonchev–Trinajstić information content (AvgIpc) is 3.29. The number of aromatic nitrogens is 4. The molecule has 0 saturated carbocycles. The SMILES string of the molecule is CN1[C@@H]2C=C[C@@]1(C)C[C@H](Oc1ccc(-c3ccc(-n4ccnc4)cc3O)nn1)C2. The van der Waals surface area contributed by atoms with Gasteiger partial charge in [-0.3, -0.25) is 4.90 Å². The van der Waals surface area contributed by atoms with Crippen LogP contribution in [0.1, 0.15) is 19.8 Å². The summed E-state index contributed by atoms with van der Waals surface area (Å²) in [7, 11) is 2.17. The summed E-state index contributed by atoms with van der Waals surface area (Å²) in [4.78, 5) is 6.43.